The lowest BCUT2D eigenvalue weighted by Crippen LogP contribution is -2.39. The molecule has 0 saturated carbocycles. The van der Waals surface area contributed by atoms with Gasteiger partial charge in [-0.1, -0.05) is 35.8 Å². The van der Waals surface area contributed by atoms with E-state index in [-0.39, 0.29) is 0 Å². The lowest BCUT2D eigenvalue weighted by atomic mass is 9.95. The van der Waals surface area contributed by atoms with Crippen LogP contribution in [-0.4, -0.2) is 22.8 Å². The van der Waals surface area contributed by atoms with Crippen LogP contribution in [-0.2, 0) is 6.54 Å². The van der Waals surface area contributed by atoms with Crippen LogP contribution in [0.5, 0.6) is 0 Å². The zero-order valence-corrected chi connectivity index (χ0v) is 13.1. The van der Waals surface area contributed by atoms with Crippen LogP contribution in [0.25, 0.3) is 0 Å². The van der Waals surface area contributed by atoms with Crippen LogP contribution in [0.2, 0.25) is 0 Å². The van der Waals surface area contributed by atoms with Crippen LogP contribution in [0.15, 0.2) is 17.5 Å². The van der Waals surface area contributed by atoms with Crippen LogP contribution in [0.1, 0.15) is 32.6 Å². The molecule has 0 amide bonds. The molecule has 1 heterocycles. The first-order chi connectivity index (χ1) is 7.44. The highest BCUT2D eigenvalue weighted by atomic mass is 79.9. The molecular weight excluding hydrogens is 282 g/mol. The molecule has 0 N–H and O–H groups in total. The molecule has 1 aromatic heterocycles. The van der Waals surface area contributed by atoms with E-state index in [4.69, 9.17) is 0 Å². The number of thiophene rings is 1. The first-order valence-corrected chi connectivity index (χ1v) is 7.77. The van der Waals surface area contributed by atoms with Crippen LogP contribution >= 0.6 is 27.3 Å². The van der Waals surface area contributed by atoms with Crippen molar-refractivity contribution in [2.75, 3.05) is 11.9 Å². The van der Waals surface area contributed by atoms with Crippen LogP contribution in [0.4, 0.5) is 0 Å². The van der Waals surface area contributed by atoms with E-state index in [1.165, 1.54) is 4.88 Å². The molecule has 92 valence electrons. The van der Waals surface area contributed by atoms with Crippen LogP contribution in [0.3, 0.4) is 0 Å². The van der Waals surface area contributed by atoms with Crippen molar-refractivity contribution in [1.82, 2.24) is 4.90 Å². The largest absolute Gasteiger partial charge is 0.295 e. The molecule has 3 heteroatoms. The Morgan fingerprint density at radius 2 is 2.12 bits per heavy atom. The van der Waals surface area contributed by atoms with Gasteiger partial charge in [0, 0.05) is 29.3 Å². The van der Waals surface area contributed by atoms with Crippen molar-refractivity contribution < 1.29 is 0 Å². The first kappa shape index (κ1) is 14.2. The third kappa shape index (κ3) is 4.56. The summed E-state index contributed by atoms with van der Waals surface area (Å²) in [5.41, 5.74) is 0.335. The van der Waals surface area contributed by atoms with Crippen molar-refractivity contribution in [1.29, 1.82) is 0 Å². The number of halogens is 1. The number of hydrogen-bond acceptors (Lipinski definition) is 2. The lowest BCUT2D eigenvalue weighted by Gasteiger charge is -2.34. The normalized spacial score (nSPS) is 12.7. The summed E-state index contributed by atoms with van der Waals surface area (Å²) in [7, 11) is 0. The van der Waals surface area contributed by atoms with Gasteiger partial charge in [-0.05, 0) is 30.7 Å². The van der Waals surface area contributed by atoms with Crippen LogP contribution < -0.4 is 0 Å². The molecule has 0 radical (unpaired) electrons. The second-order valence-electron chi connectivity index (χ2n) is 5.38. The van der Waals surface area contributed by atoms with Gasteiger partial charge in [0.1, 0.15) is 0 Å². The molecule has 0 unspecified atom stereocenters. The molecule has 0 aliphatic carbocycles. The van der Waals surface area contributed by atoms with E-state index in [9.17, 15) is 0 Å². The van der Waals surface area contributed by atoms with Crippen molar-refractivity contribution in [2.45, 2.75) is 40.3 Å². The average molecular weight is 304 g/mol. The number of hydrogen-bond donors (Lipinski definition) is 0. The number of nitrogens with zero attached hydrogens (tertiary/aromatic N) is 1. The summed E-state index contributed by atoms with van der Waals surface area (Å²) in [5.74, 6) is 0. The van der Waals surface area contributed by atoms with Gasteiger partial charge in [0.25, 0.3) is 0 Å². The fourth-order valence-electron chi connectivity index (χ4n) is 1.62. The summed E-state index contributed by atoms with van der Waals surface area (Å²) in [5, 5.41) is 3.21. The zero-order valence-electron chi connectivity index (χ0n) is 10.7. The molecule has 1 rings (SSSR count). The van der Waals surface area contributed by atoms with E-state index in [1.54, 1.807) is 0 Å². The third-order valence-corrected chi connectivity index (χ3v) is 5.04. The minimum Gasteiger partial charge on any atom is -0.295 e. The van der Waals surface area contributed by atoms with E-state index in [1.807, 2.05) is 11.3 Å². The summed E-state index contributed by atoms with van der Waals surface area (Å²) in [6.07, 6.45) is 0. The van der Waals surface area contributed by atoms with Gasteiger partial charge in [-0.2, -0.15) is 0 Å². The maximum absolute atomic E-state index is 3.60. The molecule has 0 atom stereocenters. The van der Waals surface area contributed by atoms with Gasteiger partial charge in [-0.15, -0.1) is 11.3 Å². The lowest BCUT2D eigenvalue weighted by molar-refractivity contribution is 0.152. The fraction of sp³-hybridized carbons (Fsp3) is 0.692. The summed E-state index contributed by atoms with van der Waals surface area (Å²) in [6, 6.07) is 4.95. The summed E-state index contributed by atoms with van der Waals surface area (Å²) in [4.78, 5) is 4.01. The molecule has 0 fully saturated rings. The molecular formula is C13H22BrNS. The fourth-order valence-corrected chi connectivity index (χ4v) is 2.52. The Balaban J connectivity index is 2.62. The Bertz CT molecular complexity index is 293. The topological polar surface area (TPSA) is 3.24 Å². The summed E-state index contributed by atoms with van der Waals surface area (Å²) < 4.78 is 0. The average Bonchev–Trinajstić information content (AvgIpc) is 2.69. The van der Waals surface area contributed by atoms with Crippen molar-refractivity contribution in [3.05, 3.63) is 22.4 Å². The van der Waals surface area contributed by atoms with Gasteiger partial charge in [0.15, 0.2) is 0 Å². The Kier molecular flexibility index (Phi) is 5.48. The zero-order chi connectivity index (χ0) is 12.2. The third-order valence-electron chi connectivity index (χ3n) is 2.66. The van der Waals surface area contributed by atoms with E-state index in [0.29, 0.717) is 11.5 Å². The highest BCUT2D eigenvalue weighted by Crippen LogP contribution is 2.23. The van der Waals surface area contributed by atoms with Crippen LogP contribution in [0, 0.1) is 5.41 Å². The molecule has 0 aromatic carbocycles. The van der Waals surface area contributed by atoms with E-state index in [0.717, 1.165) is 18.4 Å². The molecule has 0 bridgehead atoms. The van der Waals surface area contributed by atoms with E-state index >= 15 is 0 Å². The SMILES string of the molecule is CC(C)N(Cc1cccs1)CC(C)(C)CBr. The van der Waals surface area contributed by atoms with Gasteiger partial charge in [0.2, 0.25) is 0 Å². The molecule has 0 aliphatic rings. The Morgan fingerprint density at radius 1 is 1.44 bits per heavy atom. The summed E-state index contributed by atoms with van der Waals surface area (Å²) in [6.45, 7) is 11.4. The van der Waals surface area contributed by atoms with Crippen molar-refractivity contribution in [3.63, 3.8) is 0 Å². The Morgan fingerprint density at radius 3 is 2.56 bits per heavy atom. The molecule has 0 aliphatic heterocycles. The van der Waals surface area contributed by atoms with Crippen molar-refractivity contribution in [2.24, 2.45) is 5.41 Å². The monoisotopic (exact) mass is 303 g/mol. The summed E-state index contributed by atoms with van der Waals surface area (Å²) >= 11 is 5.45. The van der Waals surface area contributed by atoms with E-state index in [2.05, 4.69) is 66.0 Å². The minimum atomic E-state index is 0.335. The molecule has 0 saturated heterocycles. The van der Waals surface area contributed by atoms with Gasteiger partial charge < -0.3 is 0 Å². The first-order valence-electron chi connectivity index (χ1n) is 5.77. The van der Waals surface area contributed by atoms with Crippen molar-refractivity contribution >= 4 is 27.3 Å². The standard InChI is InChI=1S/C13H22BrNS/c1-11(2)15(10-13(3,4)9-14)8-12-6-5-7-16-12/h5-7,11H,8-10H2,1-4H3. The highest BCUT2D eigenvalue weighted by Gasteiger charge is 2.22. The number of rotatable bonds is 6. The van der Waals surface area contributed by atoms with Gasteiger partial charge >= 0.3 is 0 Å². The molecule has 1 aromatic rings. The van der Waals surface area contributed by atoms with Gasteiger partial charge in [-0.25, -0.2) is 0 Å². The number of alkyl halides is 1. The maximum atomic E-state index is 3.60. The van der Waals surface area contributed by atoms with E-state index < -0.39 is 0 Å². The molecule has 1 nitrogen and oxygen atoms in total. The Hall–Kier alpha value is 0.140. The molecule has 0 spiro atoms. The minimum absolute atomic E-state index is 0.335. The maximum Gasteiger partial charge on any atom is 0.0330 e. The Labute approximate surface area is 112 Å². The smallest absolute Gasteiger partial charge is 0.0330 e. The van der Waals surface area contributed by atoms with Gasteiger partial charge in [-0.3, -0.25) is 4.90 Å². The highest BCUT2D eigenvalue weighted by molar-refractivity contribution is 9.09. The second kappa shape index (κ2) is 6.18. The second-order valence-corrected chi connectivity index (χ2v) is 6.97. The van der Waals surface area contributed by atoms with Crippen molar-refractivity contribution in [3.8, 4) is 0 Å². The quantitative estimate of drug-likeness (QED) is 0.705. The molecule has 16 heavy (non-hydrogen) atoms. The van der Waals surface area contributed by atoms with Gasteiger partial charge in [0.05, 0.1) is 0 Å². The predicted octanol–water partition coefficient (Wildman–Crippen LogP) is 4.38. The predicted molar refractivity (Wildman–Crippen MR) is 77.4 cm³/mol.